The van der Waals surface area contributed by atoms with E-state index in [2.05, 4.69) is 4.72 Å². The largest absolute Gasteiger partial charge is 0.465 e. The molecule has 0 radical (unpaired) electrons. The second-order valence-corrected chi connectivity index (χ2v) is 11.4. The van der Waals surface area contributed by atoms with Crippen molar-refractivity contribution in [3.63, 3.8) is 0 Å². The standard InChI is InChI=1S/C20H30Cl2N2O6S/c1-20(2,3)17-12-24(19(25)26)11-14(10-23-31(27,28)8-7-29-4)18(30-17)13-5-6-15(21)16(22)9-13/h5-6,9,14,17-18,23H,7-8,10-12H2,1-4H3,(H,25,26)/t14-,17?,18+/m1/s1. The van der Waals surface area contributed by atoms with Crippen molar-refractivity contribution in [2.24, 2.45) is 11.3 Å². The van der Waals surface area contributed by atoms with E-state index in [1.165, 1.54) is 12.0 Å². The number of ether oxygens (including phenoxy) is 2. The van der Waals surface area contributed by atoms with Crippen molar-refractivity contribution in [3.8, 4) is 0 Å². The summed E-state index contributed by atoms with van der Waals surface area (Å²) < 4.78 is 38.4. The molecule has 1 amide bonds. The van der Waals surface area contributed by atoms with Gasteiger partial charge in [0.25, 0.3) is 0 Å². The summed E-state index contributed by atoms with van der Waals surface area (Å²) in [6.07, 6.45) is -2.09. The SMILES string of the molecule is COCCS(=O)(=O)NC[C@@H]1CN(C(=O)O)CC(C(C)(C)C)O[C@H]1c1ccc(Cl)c(Cl)c1. The fourth-order valence-electron chi connectivity index (χ4n) is 3.33. The molecule has 2 N–H and O–H groups in total. The zero-order valence-electron chi connectivity index (χ0n) is 18.1. The number of amides is 1. The summed E-state index contributed by atoms with van der Waals surface area (Å²) in [7, 11) is -2.18. The normalized spacial score (nSPS) is 22.9. The average molecular weight is 497 g/mol. The first-order valence-electron chi connectivity index (χ1n) is 9.88. The molecule has 3 atom stereocenters. The second kappa shape index (κ2) is 10.7. The van der Waals surface area contributed by atoms with Gasteiger partial charge in [0.2, 0.25) is 10.0 Å². The molecule has 1 aliphatic heterocycles. The molecule has 2 rings (SSSR count). The van der Waals surface area contributed by atoms with E-state index in [0.29, 0.717) is 15.6 Å². The Morgan fingerprint density at radius 3 is 2.52 bits per heavy atom. The minimum atomic E-state index is -3.60. The Morgan fingerprint density at radius 1 is 1.29 bits per heavy atom. The van der Waals surface area contributed by atoms with Gasteiger partial charge in [0.1, 0.15) is 0 Å². The molecule has 0 aliphatic carbocycles. The second-order valence-electron chi connectivity index (χ2n) is 8.69. The minimum Gasteiger partial charge on any atom is -0.465 e. The highest BCUT2D eigenvalue weighted by atomic mass is 35.5. The Morgan fingerprint density at radius 2 is 1.97 bits per heavy atom. The summed E-state index contributed by atoms with van der Waals surface area (Å²) >= 11 is 12.3. The number of hydrogen-bond acceptors (Lipinski definition) is 5. The van der Waals surface area contributed by atoms with Crippen molar-refractivity contribution >= 4 is 39.3 Å². The number of hydrogen-bond donors (Lipinski definition) is 2. The van der Waals surface area contributed by atoms with Crippen LogP contribution in [0.25, 0.3) is 0 Å². The fraction of sp³-hybridized carbons (Fsp3) is 0.650. The fourth-order valence-corrected chi connectivity index (χ4v) is 4.63. The summed E-state index contributed by atoms with van der Waals surface area (Å²) in [5.74, 6) is -0.681. The van der Waals surface area contributed by atoms with Gasteiger partial charge in [-0.3, -0.25) is 0 Å². The van der Waals surface area contributed by atoms with E-state index < -0.39 is 34.2 Å². The lowest BCUT2D eigenvalue weighted by atomic mass is 9.88. The van der Waals surface area contributed by atoms with Crippen LogP contribution in [0.4, 0.5) is 4.79 Å². The molecule has 1 aromatic rings. The van der Waals surface area contributed by atoms with E-state index in [4.69, 9.17) is 32.7 Å². The van der Waals surface area contributed by atoms with Gasteiger partial charge in [-0.15, -0.1) is 0 Å². The monoisotopic (exact) mass is 496 g/mol. The highest BCUT2D eigenvalue weighted by molar-refractivity contribution is 7.89. The Hall–Kier alpha value is -1.10. The van der Waals surface area contributed by atoms with E-state index in [-0.39, 0.29) is 37.4 Å². The molecular weight excluding hydrogens is 467 g/mol. The zero-order chi connectivity index (χ0) is 23.4. The number of rotatable bonds is 7. The van der Waals surface area contributed by atoms with Crippen LogP contribution >= 0.6 is 23.2 Å². The molecular formula is C20H30Cl2N2O6S. The van der Waals surface area contributed by atoms with Gasteiger partial charge in [-0.05, 0) is 23.1 Å². The Labute approximate surface area is 193 Å². The summed E-state index contributed by atoms with van der Waals surface area (Å²) in [6.45, 7) is 6.23. The maximum Gasteiger partial charge on any atom is 0.407 e. The molecule has 1 aliphatic rings. The quantitative estimate of drug-likeness (QED) is 0.596. The van der Waals surface area contributed by atoms with Crippen LogP contribution in [-0.2, 0) is 19.5 Å². The highest BCUT2D eigenvalue weighted by Crippen LogP contribution is 2.38. The highest BCUT2D eigenvalue weighted by Gasteiger charge is 2.40. The lowest BCUT2D eigenvalue weighted by Gasteiger charge is -2.34. The topological polar surface area (TPSA) is 105 Å². The van der Waals surface area contributed by atoms with E-state index in [1.54, 1.807) is 18.2 Å². The third-order valence-corrected chi connectivity index (χ3v) is 7.26. The first kappa shape index (κ1) is 26.2. The van der Waals surface area contributed by atoms with E-state index in [1.807, 2.05) is 20.8 Å². The van der Waals surface area contributed by atoms with Crippen molar-refractivity contribution in [1.82, 2.24) is 9.62 Å². The number of nitrogens with zero attached hydrogens (tertiary/aromatic N) is 1. The van der Waals surface area contributed by atoms with Crippen LogP contribution in [0.2, 0.25) is 10.0 Å². The first-order valence-corrected chi connectivity index (χ1v) is 12.3. The molecule has 0 spiro atoms. The first-order chi connectivity index (χ1) is 14.3. The maximum atomic E-state index is 12.3. The van der Waals surface area contributed by atoms with Crippen molar-refractivity contribution in [3.05, 3.63) is 33.8 Å². The minimum absolute atomic E-state index is 0.00238. The number of benzene rings is 1. The molecule has 1 unspecified atom stereocenters. The molecule has 0 bridgehead atoms. The zero-order valence-corrected chi connectivity index (χ0v) is 20.4. The molecule has 1 aromatic carbocycles. The van der Waals surface area contributed by atoms with Crippen LogP contribution in [0.15, 0.2) is 18.2 Å². The Balaban J connectivity index is 2.41. The van der Waals surface area contributed by atoms with Gasteiger partial charge in [0.05, 0.1) is 41.2 Å². The number of carbonyl (C=O) groups is 1. The number of nitrogens with one attached hydrogen (secondary N) is 1. The summed E-state index contributed by atoms with van der Waals surface area (Å²) in [5, 5.41) is 10.4. The predicted octanol–water partition coefficient (Wildman–Crippen LogP) is 3.64. The van der Waals surface area contributed by atoms with Crippen molar-refractivity contribution in [2.75, 3.05) is 39.1 Å². The average Bonchev–Trinajstić information content (AvgIpc) is 2.87. The molecule has 1 fully saturated rings. The summed E-state index contributed by atoms with van der Waals surface area (Å²) in [6, 6.07) is 5.09. The molecule has 0 saturated carbocycles. The number of methoxy groups -OCH3 is 1. The summed E-state index contributed by atoms with van der Waals surface area (Å²) in [4.78, 5) is 13.2. The number of halogens is 2. The third-order valence-electron chi connectivity index (χ3n) is 5.21. The molecule has 11 heteroatoms. The van der Waals surface area contributed by atoms with Gasteiger partial charge in [-0.1, -0.05) is 50.0 Å². The molecule has 0 aromatic heterocycles. The van der Waals surface area contributed by atoms with Crippen LogP contribution in [0, 0.1) is 11.3 Å². The number of sulfonamides is 1. The Bertz CT molecular complexity index is 875. The molecule has 1 saturated heterocycles. The van der Waals surface area contributed by atoms with Gasteiger partial charge in [-0.2, -0.15) is 0 Å². The van der Waals surface area contributed by atoms with Crippen LogP contribution < -0.4 is 4.72 Å². The van der Waals surface area contributed by atoms with Crippen LogP contribution in [0.5, 0.6) is 0 Å². The maximum absolute atomic E-state index is 12.3. The Kier molecular flexibility index (Phi) is 9.01. The predicted molar refractivity (Wildman–Crippen MR) is 120 cm³/mol. The van der Waals surface area contributed by atoms with Gasteiger partial charge >= 0.3 is 6.09 Å². The number of carboxylic acid groups (broad SMARTS) is 1. The third kappa shape index (κ3) is 7.47. The molecule has 31 heavy (non-hydrogen) atoms. The van der Waals surface area contributed by atoms with Gasteiger partial charge < -0.3 is 19.5 Å². The van der Waals surface area contributed by atoms with Gasteiger partial charge in [0, 0.05) is 26.1 Å². The van der Waals surface area contributed by atoms with Gasteiger partial charge in [0.15, 0.2) is 0 Å². The van der Waals surface area contributed by atoms with Crippen LogP contribution in [0.1, 0.15) is 32.4 Å². The van der Waals surface area contributed by atoms with Crippen molar-refractivity contribution < 1.29 is 27.8 Å². The van der Waals surface area contributed by atoms with E-state index >= 15 is 0 Å². The summed E-state index contributed by atoms with van der Waals surface area (Å²) in [5.41, 5.74) is 0.353. The van der Waals surface area contributed by atoms with Crippen LogP contribution in [-0.4, -0.2) is 69.7 Å². The smallest absolute Gasteiger partial charge is 0.407 e. The molecule has 176 valence electrons. The van der Waals surface area contributed by atoms with Crippen molar-refractivity contribution in [2.45, 2.75) is 33.0 Å². The lowest BCUT2D eigenvalue weighted by Crippen LogP contribution is -2.43. The van der Waals surface area contributed by atoms with E-state index in [9.17, 15) is 18.3 Å². The van der Waals surface area contributed by atoms with E-state index in [0.717, 1.165) is 0 Å². The van der Waals surface area contributed by atoms with Crippen LogP contribution in [0.3, 0.4) is 0 Å². The van der Waals surface area contributed by atoms with Crippen molar-refractivity contribution in [1.29, 1.82) is 0 Å². The molecule has 8 nitrogen and oxygen atoms in total. The lowest BCUT2D eigenvalue weighted by molar-refractivity contribution is -0.0760. The molecule has 1 heterocycles. The van der Waals surface area contributed by atoms with Gasteiger partial charge in [-0.25, -0.2) is 17.9 Å².